The molecule has 0 unspecified atom stereocenters. The number of halogens is 1. The molecule has 1 saturated heterocycles. The van der Waals surface area contributed by atoms with E-state index in [0.717, 1.165) is 37.9 Å². The van der Waals surface area contributed by atoms with Crippen LogP contribution in [0.25, 0.3) is 5.95 Å². The van der Waals surface area contributed by atoms with Gasteiger partial charge in [-0.3, -0.25) is 14.3 Å². The molecule has 2 aliphatic rings. The monoisotopic (exact) mass is 372 g/mol. The molecule has 0 spiro atoms. The van der Waals surface area contributed by atoms with Crippen molar-refractivity contribution in [2.75, 3.05) is 13.1 Å². The van der Waals surface area contributed by atoms with Gasteiger partial charge < -0.3 is 5.32 Å². The van der Waals surface area contributed by atoms with E-state index in [1.54, 1.807) is 29.4 Å². The molecule has 7 nitrogen and oxygen atoms in total. The first-order valence-electron chi connectivity index (χ1n) is 9.61. The van der Waals surface area contributed by atoms with Gasteiger partial charge >= 0.3 is 0 Å². The molecule has 144 valence electrons. The molecule has 1 amide bonds. The van der Waals surface area contributed by atoms with Gasteiger partial charge in [0.05, 0.1) is 0 Å². The number of amides is 1. The smallest absolute Gasteiger partial charge is 0.270 e. The Labute approximate surface area is 158 Å². The number of imidazole rings is 1. The minimum Gasteiger partial charge on any atom is -0.348 e. The lowest BCUT2D eigenvalue weighted by Gasteiger charge is -2.34. The Morgan fingerprint density at radius 1 is 1.22 bits per heavy atom. The highest BCUT2D eigenvalue weighted by Gasteiger charge is 2.31. The molecule has 0 radical (unpaired) electrons. The van der Waals surface area contributed by atoms with Crippen LogP contribution in [0.5, 0.6) is 0 Å². The van der Waals surface area contributed by atoms with E-state index < -0.39 is 6.17 Å². The molecule has 0 aromatic carbocycles. The van der Waals surface area contributed by atoms with Gasteiger partial charge in [0.25, 0.3) is 5.91 Å². The number of hydrogen-bond acceptors (Lipinski definition) is 5. The number of hydrogen-bond donors (Lipinski definition) is 1. The second-order valence-electron chi connectivity index (χ2n) is 7.52. The highest BCUT2D eigenvalue weighted by molar-refractivity contribution is 5.92. The molecule has 2 fully saturated rings. The molecule has 1 atom stereocenters. The van der Waals surface area contributed by atoms with Crippen LogP contribution in [0.15, 0.2) is 24.8 Å². The molecule has 1 aliphatic carbocycles. The summed E-state index contributed by atoms with van der Waals surface area (Å²) in [4.78, 5) is 27.7. The van der Waals surface area contributed by atoms with Gasteiger partial charge in [-0.1, -0.05) is 0 Å². The van der Waals surface area contributed by atoms with Crippen LogP contribution in [0.2, 0.25) is 0 Å². The van der Waals surface area contributed by atoms with Gasteiger partial charge in [0.15, 0.2) is 0 Å². The topological polar surface area (TPSA) is 75.9 Å². The number of aromatic nitrogens is 4. The average molecular weight is 372 g/mol. The summed E-state index contributed by atoms with van der Waals surface area (Å²) in [6.07, 6.45) is 8.83. The molecule has 2 aromatic heterocycles. The molecule has 1 N–H and O–H groups in total. The number of carbonyl (C=O) groups is 1. The fourth-order valence-corrected chi connectivity index (χ4v) is 4.08. The van der Waals surface area contributed by atoms with Crippen molar-refractivity contribution in [2.45, 2.75) is 57.3 Å². The van der Waals surface area contributed by atoms with Crippen molar-refractivity contribution < 1.29 is 9.18 Å². The van der Waals surface area contributed by atoms with Crippen molar-refractivity contribution in [2.24, 2.45) is 0 Å². The van der Waals surface area contributed by atoms with Crippen molar-refractivity contribution in [1.82, 2.24) is 29.7 Å². The van der Waals surface area contributed by atoms with E-state index in [2.05, 4.69) is 25.2 Å². The SMILES string of the molecule is Cc1cc(C(=O)NC2CCC(N3CC[C@H](F)C3)CC2)nc(-n2ccnc2)n1. The highest BCUT2D eigenvalue weighted by atomic mass is 19.1. The van der Waals surface area contributed by atoms with Gasteiger partial charge in [0.2, 0.25) is 5.95 Å². The van der Waals surface area contributed by atoms with E-state index in [-0.39, 0.29) is 11.9 Å². The maximum absolute atomic E-state index is 13.4. The number of rotatable bonds is 4. The molecular formula is C19H25FN6O. The van der Waals surface area contributed by atoms with E-state index in [1.807, 2.05) is 6.92 Å². The average Bonchev–Trinajstić information content (AvgIpc) is 3.34. The van der Waals surface area contributed by atoms with E-state index in [1.165, 1.54) is 0 Å². The lowest BCUT2D eigenvalue weighted by Crippen LogP contribution is -2.43. The number of nitrogens with one attached hydrogen (secondary N) is 1. The third-order valence-corrected chi connectivity index (χ3v) is 5.52. The summed E-state index contributed by atoms with van der Waals surface area (Å²) in [5.74, 6) is 0.270. The van der Waals surface area contributed by atoms with Crippen LogP contribution < -0.4 is 5.32 Å². The Morgan fingerprint density at radius 3 is 2.70 bits per heavy atom. The van der Waals surface area contributed by atoms with Gasteiger partial charge in [-0.25, -0.2) is 19.3 Å². The summed E-state index contributed by atoms with van der Waals surface area (Å²) < 4.78 is 15.1. The molecule has 27 heavy (non-hydrogen) atoms. The summed E-state index contributed by atoms with van der Waals surface area (Å²) >= 11 is 0. The number of likely N-dealkylation sites (tertiary alicyclic amines) is 1. The Kier molecular flexibility index (Phi) is 5.15. The quantitative estimate of drug-likeness (QED) is 0.889. The van der Waals surface area contributed by atoms with Gasteiger partial charge in [0.1, 0.15) is 18.2 Å². The van der Waals surface area contributed by atoms with E-state index in [4.69, 9.17) is 0 Å². The van der Waals surface area contributed by atoms with E-state index in [9.17, 15) is 9.18 Å². The van der Waals surface area contributed by atoms with Crippen molar-refractivity contribution in [1.29, 1.82) is 0 Å². The predicted octanol–water partition coefficient (Wildman–Crippen LogP) is 2.06. The molecule has 1 aliphatic heterocycles. The first-order valence-corrected chi connectivity index (χ1v) is 9.61. The Balaban J connectivity index is 1.36. The number of nitrogens with zero attached hydrogens (tertiary/aromatic N) is 5. The van der Waals surface area contributed by atoms with Crippen LogP contribution in [0.4, 0.5) is 4.39 Å². The molecule has 1 saturated carbocycles. The van der Waals surface area contributed by atoms with Crippen LogP contribution in [0, 0.1) is 6.92 Å². The fraction of sp³-hybridized carbons (Fsp3) is 0.579. The van der Waals surface area contributed by atoms with Crippen LogP contribution >= 0.6 is 0 Å². The lowest BCUT2D eigenvalue weighted by molar-refractivity contribution is 0.0904. The molecule has 8 heteroatoms. The van der Waals surface area contributed by atoms with E-state index in [0.29, 0.717) is 30.6 Å². The fourth-order valence-electron chi connectivity index (χ4n) is 4.08. The van der Waals surface area contributed by atoms with Crippen LogP contribution in [0.3, 0.4) is 0 Å². The lowest BCUT2D eigenvalue weighted by atomic mass is 9.90. The van der Waals surface area contributed by atoms with Crippen molar-refractivity contribution >= 4 is 5.91 Å². The predicted molar refractivity (Wildman–Crippen MR) is 98.5 cm³/mol. The minimum atomic E-state index is -0.673. The number of alkyl halides is 1. The number of aryl methyl sites for hydroxylation is 1. The summed E-state index contributed by atoms with van der Waals surface area (Å²) in [5.41, 5.74) is 1.10. The Hall–Kier alpha value is -2.35. The minimum absolute atomic E-state index is 0.143. The Morgan fingerprint density at radius 2 is 2.04 bits per heavy atom. The maximum atomic E-state index is 13.4. The third kappa shape index (κ3) is 4.16. The highest BCUT2D eigenvalue weighted by Crippen LogP contribution is 2.27. The third-order valence-electron chi connectivity index (χ3n) is 5.52. The van der Waals surface area contributed by atoms with Gasteiger partial charge in [0, 0.05) is 43.3 Å². The molecule has 0 bridgehead atoms. The Bertz CT molecular complexity index is 788. The standard InChI is InChI=1S/C19H25FN6O/c1-13-10-17(24-19(22-13)26-9-7-21-12-26)18(27)23-15-2-4-16(5-3-15)25-8-6-14(20)11-25/h7,9-10,12,14-16H,2-6,8,11H2,1H3,(H,23,27)/t14-,15?,16?/m0/s1. The molecular weight excluding hydrogens is 347 g/mol. The second-order valence-corrected chi connectivity index (χ2v) is 7.52. The zero-order valence-corrected chi connectivity index (χ0v) is 15.5. The van der Waals surface area contributed by atoms with Crippen molar-refractivity contribution in [3.63, 3.8) is 0 Å². The van der Waals surface area contributed by atoms with Crippen molar-refractivity contribution in [3.05, 3.63) is 36.2 Å². The second kappa shape index (κ2) is 7.72. The molecule has 3 heterocycles. The van der Waals surface area contributed by atoms with Crippen LogP contribution in [0.1, 0.15) is 48.3 Å². The summed E-state index contributed by atoms with van der Waals surface area (Å²) in [7, 11) is 0. The summed E-state index contributed by atoms with van der Waals surface area (Å²) in [5, 5.41) is 3.11. The van der Waals surface area contributed by atoms with Crippen LogP contribution in [-0.4, -0.2) is 61.7 Å². The largest absolute Gasteiger partial charge is 0.348 e. The van der Waals surface area contributed by atoms with Gasteiger partial charge in [-0.2, -0.15) is 0 Å². The number of carbonyl (C=O) groups excluding carboxylic acids is 1. The first kappa shape index (κ1) is 18.0. The van der Waals surface area contributed by atoms with E-state index >= 15 is 0 Å². The van der Waals surface area contributed by atoms with Crippen LogP contribution in [-0.2, 0) is 0 Å². The zero-order chi connectivity index (χ0) is 18.8. The van der Waals surface area contributed by atoms with Gasteiger partial charge in [-0.05, 0) is 45.1 Å². The normalized spacial score (nSPS) is 26.2. The molecule has 2 aromatic rings. The summed E-state index contributed by atoms with van der Waals surface area (Å²) in [6.45, 7) is 3.28. The zero-order valence-electron chi connectivity index (χ0n) is 15.5. The molecule has 4 rings (SSSR count). The van der Waals surface area contributed by atoms with Crippen molar-refractivity contribution in [3.8, 4) is 5.95 Å². The first-order chi connectivity index (χ1) is 13.1. The maximum Gasteiger partial charge on any atom is 0.270 e. The van der Waals surface area contributed by atoms with Gasteiger partial charge in [-0.15, -0.1) is 0 Å². The summed E-state index contributed by atoms with van der Waals surface area (Å²) in [6, 6.07) is 2.30.